The summed E-state index contributed by atoms with van der Waals surface area (Å²) in [6.45, 7) is 4.09. The van der Waals surface area contributed by atoms with Crippen LogP contribution in [0.15, 0.2) is 42.6 Å². The minimum Gasteiger partial charge on any atom is -0.324 e. The Kier molecular flexibility index (Phi) is 4.77. The highest BCUT2D eigenvalue weighted by Gasteiger charge is 2.36. The molecule has 4 rings (SSSR count). The molecule has 2 aliphatic heterocycles. The summed E-state index contributed by atoms with van der Waals surface area (Å²) >= 11 is 0. The quantitative estimate of drug-likeness (QED) is 0.826. The standard InChI is InChI=1S/C21H25N5O2/c1-14-13-24(2)12-10-17(14)25(3)21(28)26-18-9-5-4-7-15(18)20(27)23-16-8-6-11-22-19(16)26/h4-9,11,14,17H,10,12-13H2,1-3H3,(H,23,27)/t14-,17+/m1/s1. The first-order valence-corrected chi connectivity index (χ1v) is 9.58. The zero-order valence-electron chi connectivity index (χ0n) is 16.4. The molecule has 0 bridgehead atoms. The number of hydrogen-bond donors (Lipinski definition) is 1. The summed E-state index contributed by atoms with van der Waals surface area (Å²) in [6.07, 6.45) is 2.55. The van der Waals surface area contributed by atoms with Crippen molar-refractivity contribution in [3.63, 3.8) is 0 Å². The summed E-state index contributed by atoms with van der Waals surface area (Å²) in [5, 5.41) is 2.88. The molecule has 3 amide bonds. The van der Waals surface area contributed by atoms with Gasteiger partial charge in [-0.25, -0.2) is 14.7 Å². The molecule has 1 aromatic carbocycles. The van der Waals surface area contributed by atoms with Crippen LogP contribution in [0.1, 0.15) is 23.7 Å². The van der Waals surface area contributed by atoms with Gasteiger partial charge in [0.05, 0.1) is 16.9 Å². The van der Waals surface area contributed by atoms with Crippen molar-refractivity contribution in [3.05, 3.63) is 48.2 Å². The molecule has 7 heteroatoms. The molecule has 2 aromatic rings. The van der Waals surface area contributed by atoms with Gasteiger partial charge in [-0.2, -0.15) is 0 Å². The number of fused-ring (bicyclic) bond motifs is 2. The number of benzene rings is 1. The predicted octanol–water partition coefficient (Wildman–Crippen LogP) is 3.18. The molecule has 146 valence electrons. The Labute approximate surface area is 164 Å². The minimum atomic E-state index is -0.240. The largest absolute Gasteiger partial charge is 0.330 e. The third-order valence-corrected chi connectivity index (χ3v) is 5.69. The van der Waals surface area contributed by atoms with Crippen LogP contribution in [-0.4, -0.2) is 59.9 Å². The van der Waals surface area contributed by atoms with Crippen LogP contribution in [0, 0.1) is 5.92 Å². The van der Waals surface area contributed by atoms with Gasteiger partial charge in [0, 0.05) is 25.8 Å². The molecule has 2 atom stereocenters. The lowest BCUT2D eigenvalue weighted by molar-refractivity contribution is 0.102. The van der Waals surface area contributed by atoms with Crippen molar-refractivity contribution in [3.8, 4) is 0 Å². The lowest BCUT2D eigenvalue weighted by atomic mass is 9.93. The Morgan fingerprint density at radius 1 is 1.25 bits per heavy atom. The van der Waals surface area contributed by atoms with Crippen molar-refractivity contribution in [2.75, 3.05) is 37.4 Å². The van der Waals surface area contributed by atoms with E-state index in [0.29, 0.717) is 28.7 Å². The number of aromatic nitrogens is 1. The van der Waals surface area contributed by atoms with E-state index in [2.05, 4.69) is 29.2 Å². The topological polar surface area (TPSA) is 68.8 Å². The normalized spacial score (nSPS) is 22.0. The lowest BCUT2D eigenvalue weighted by Crippen LogP contribution is -2.52. The number of piperidine rings is 1. The molecule has 1 saturated heterocycles. The molecule has 3 heterocycles. The van der Waals surface area contributed by atoms with Gasteiger partial charge in [0.25, 0.3) is 5.91 Å². The fourth-order valence-electron chi connectivity index (χ4n) is 4.25. The van der Waals surface area contributed by atoms with E-state index in [9.17, 15) is 9.59 Å². The van der Waals surface area contributed by atoms with Gasteiger partial charge >= 0.3 is 6.03 Å². The highest BCUT2D eigenvalue weighted by molar-refractivity contribution is 6.16. The Morgan fingerprint density at radius 2 is 2.04 bits per heavy atom. The second-order valence-corrected chi connectivity index (χ2v) is 7.67. The van der Waals surface area contributed by atoms with Gasteiger partial charge in [-0.15, -0.1) is 0 Å². The van der Waals surface area contributed by atoms with Gasteiger partial charge in [-0.3, -0.25) is 4.79 Å². The molecular formula is C21H25N5O2. The summed E-state index contributed by atoms with van der Waals surface area (Å²) < 4.78 is 0. The first-order valence-electron chi connectivity index (χ1n) is 9.58. The van der Waals surface area contributed by atoms with Crippen LogP contribution in [0.2, 0.25) is 0 Å². The van der Waals surface area contributed by atoms with E-state index in [1.165, 1.54) is 0 Å². The van der Waals surface area contributed by atoms with Crippen molar-refractivity contribution in [1.29, 1.82) is 0 Å². The van der Waals surface area contributed by atoms with Crippen LogP contribution in [0.3, 0.4) is 0 Å². The van der Waals surface area contributed by atoms with Gasteiger partial charge in [0.15, 0.2) is 5.82 Å². The lowest BCUT2D eigenvalue weighted by Gasteiger charge is -2.41. The summed E-state index contributed by atoms with van der Waals surface area (Å²) in [7, 11) is 3.96. The second-order valence-electron chi connectivity index (χ2n) is 7.67. The maximum absolute atomic E-state index is 13.7. The van der Waals surface area contributed by atoms with E-state index in [1.54, 1.807) is 41.4 Å². The highest BCUT2D eigenvalue weighted by Crippen LogP contribution is 2.37. The second kappa shape index (κ2) is 7.24. The van der Waals surface area contributed by atoms with E-state index in [1.807, 2.05) is 18.0 Å². The smallest absolute Gasteiger partial charge is 0.324 e. The van der Waals surface area contributed by atoms with Gasteiger partial charge in [-0.05, 0) is 50.2 Å². The molecule has 7 nitrogen and oxygen atoms in total. The molecule has 1 fully saturated rings. The average Bonchev–Trinajstić information content (AvgIpc) is 2.81. The van der Waals surface area contributed by atoms with Crippen molar-refractivity contribution in [2.24, 2.45) is 5.92 Å². The number of carbonyl (C=O) groups is 2. The molecule has 28 heavy (non-hydrogen) atoms. The zero-order chi connectivity index (χ0) is 19.8. The molecule has 0 aliphatic carbocycles. The van der Waals surface area contributed by atoms with Crippen LogP contribution in [0.4, 0.5) is 22.0 Å². The molecule has 0 saturated carbocycles. The van der Waals surface area contributed by atoms with E-state index >= 15 is 0 Å². The molecule has 0 unspecified atom stereocenters. The maximum Gasteiger partial charge on any atom is 0.330 e. The van der Waals surface area contributed by atoms with Crippen LogP contribution in [0.25, 0.3) is 0 Å². The fourth-order valence-corrected chi connectivity index (χ4v) is 4.25. The Morgan fingerprint density at radius 3 is 2.82 bits per heavy atom. The van der Waals surface area contributed by atoms with Crippen LogP contribution in [-0.2, 0) is 0 Å². The van der Waals surface area contributed by atoms with Crippen LogP contribution < -0.4 is 10.2 Å². The number of para-hydroxylation sites is 1. The molecule has 1 N–H and O–H groups in total. The van der Waals surface area contributed by atoms with Crippen molar-refractivity contribution in [2.45, 2.75) is 19.4 Å². The first kappa shape index (κ1) is 18.4. The van der Waals surface area contributed by atoms with Crippen LogP contribution >= 0.6 is 0 Å². The van der Waals surface area contributed by atoms with E-state index in [0.717, 1.165) is 19.5 Å². The monoisotopic (exact) mass is 379 g/mol. The van der Waals surface area contributed by atoms with Gasteiger partial charge in [0.1, 0.15) is 0 Å². The number of nitrogens with one attached hydrogen (secondary N) is 1. The number of anilines is 3. The molecular weight excluding hydrogens is 354 g/mol. The summed E-state index contributed by atoms with van der Waals surface area (Å²) in [5.74, 6) is 0.562. The fraction of sp³-hybridized carbons (Fsp3) is 0.381. The van der Waals surface area contributed by atoms with Crippen molar-refractivity contribution >= 4 is 29.1 Å². The van der Waals surface area contributed by atoms with Crippen LogP contribution in [0.5, 0.6) is 0 Å². The van der Waals surface area contributed by atoms with Gasteiger partial charge in [0.2, 0.25) is 0 Å². The molecule has 2 aliphatic rings. The summed E-state index contributed by atoms with van der Waals surface area (Å²) in [5.41, 5.74) is 1.54. The number of hydrogen-bond acceptors (Lipinski definition) is 4. The summed E-state index contributed by atoms with van der Waals surface area (Å²) in [6, 6.07) is 10.6. The van der Waals surface area contributed by atoms with E-state index in [4.69, 9.17) is 0 Å². The van der Waals surface area contributed by atoms with Gasteiger partial charge in [-0.1, -0.05) is 19.1 Å². The number of nitrogens with zero attached hydrogens (tertiary/aromatic N) is 4. The molecule has 0 spiro atoms. The number of rotatable bonds is 1. The number of carbonyl (C=O) groups excluding carboxylic acids is 2. The average molecular weight is 379 g/mol. The maximum atomic E-state index is 13.7. The number of urea groups is 1. The van der Waals surface area contributed by atoms with E-state index in [-0.39, 0.29) is 18.0 Å². The summed E-state index contributed by atoms with van der Waals surface area (Å²) in [4.78, 5) is 36.5. The van der Waals surface area contributed by atoms with Crippen molar-refractivity contribution in [1.82, 2.24) is 14.8 Å². The third-order valence-electron chi connectivity index (χ3n) is 5.69. The third kappa shape index (κ3) is 3.11. The highest BCUT2D eigenvalue weighted by atomic mass is 16.2. The van der Waals surface area contributed by atoms with Crippen molar-refractivity contribution < 1.29 is 9.59 Å². The minimum absolute atomic E-state index is 0.134. The predicted molar refractivity (Wildman–Crippen MR) is 109 cm³/mol. The Balaban J connectivity index is 1.77. The number of likely N-dealkylation sites (tertiary alicyclic amines) is 1. The Hall–Kier alpha value is -2.93. The van der Waals surface area contributed by atoms with E-state index < -0.39 is 0 Å². The molecule has 1 aromatic heterocycles. The SMILES string of the molecule is C[C@@H]1CN(C)CC[C@@H]1N(C)C(=O)N1c2ccccc2C(=O)Nc2cccnc21. The Bertz CT molecular complexity index is 915. The number of amides is 3. The first-order chi connectivity index (χ1) is 13.5. The number of pyridine rings is 1. The van der Waals surface area contributed by atoms with Gasteiger partial charge < -0.3 is 15.1 Å². The zero-order valence-corrected chi connectivity index (χ0v) is 16.4. The molecule has 0 radical (unpaired) electrons.